The largest absolute Gasteiger partial charge is 0.497 e. The highest BCUT2D eigenvalue weighted by atomic mass is 16.8. The fourth-order valence-corrected chi connectivity index (χ4v) is 11.8. The highest BCUT2D eigenvalue weighted by molar-refractivity contribution is 5.69. The van der Waals surface area contributed by atoms with Crippen molar-refractivity contribution in [1.29, 1.82) is 0 Å². The van der Waals surface area contributed by atoms with Crippen LogP contribution in [0.5, 0.6) is 34.5 Å². The Hall–Kier alpha value is -7.25. The predicted octanol–water partition coefficient (Wildman–Crippen LogP) is 14.1. The van der Waals surface area contributed by atoms with Crippen LogP contribution in [-0.4, -0.2) is 129 Å². The van der Waals surface area contributed by atoms with Crippen LogP contribution in [-0.2, 0) is 96.5 Å². The van der Waals surface area contributed by atoms with Gasteiger partial charge in [0.25, 0.3) is 0 Å². The van der Waals surface area contributed by atoms with Crippen molar-refractivity contribution in [1.82, 2.24) is 0 Å². The molecule has 0 amide bonds. The number of esters is 1. The number of benzene rings is 6. The van der Waals surface area contributed by atoms with E-state index < -0.39 is 67.4 Å². The van der Waals surface area contributed by atoms with E-state index in [1.165, 1.54) is 0 Å². The molecule has 3 heterocycles. The van der Waals surface area contributed by atoms with E-state index in [4.69, 9.17) is 80.5 Å². The molecule has 18 nitrogen and oxygen atoms in total. The maximum Gasteiger partial charge on any atom is 0.306 e. The molecule has 18 heteroatoms. The van der Waals surface area contributed by atoms with Crippen molar-refractivity contribution < 1.29 is 85.3 Å². The number of methoxy groups -OCH3 is 6. The van der Waals surface area contributed by atoms with E-state index in [0.29, 0.717) is 35.2 Å². The minimum absolute atomic E-state index is 0.0574. The van der Waals surface area contributed by atoms with E-state index in [1.807, 2.05) is 146 Å². The number of carbonyl (C=O) groups is 1. The summed E-state index contributed by atoms with van der Waals surface area (Å²) in [6, 6.07) is 46.1. The van der Waals surface area contributed by atoms with Crippen molar-refractivity contribution in [3.63, 3.8) is 0 Å². The molecule has 3 aliphatic rings. The molecule has 96 heavy (non-hydrogen) atoms. The standard InChI is InChI=1S/C78H98O18/c1-55-21-19-17-15-13-11-9-8-10-12-14-16-18-20-22-70(79)95-72-69(54-87-48-57-25-37-63(81-3)38-26-57)94-77(75(91-52-61-33-45-67(85-7)46-34-61)74(72)90-51-60-31-43-66(84-6)44-32-60)96-76-73(89-50-59-29-41-65(83-5)42-30-59)71(88-49-58-27-39-64(82-4)40-28-58)68(93-78(76)92-55)53-86-47-56-23-35-62(80-2)36-24-56/h23-46,55,68-69,71-78H,10-22,47-54H2,1-7H3/t55-,68+,69+,71+,72+,73-,74-,75+,76+,77?,78+/m0/s1. The van der Waals surface area contributed by atoms with Crippen LogP contribution in [0.15, 0.2) is 146 Å². The molecule has 3 aliphatic heterocycles. The van der Waals surface area contributed by atoms with Gasteiger partial charge in [0.15, 0.2) is 18.7 Å². The fourth-order valence-electron chi connectivity index (χ4n) is 11.8. The Morgan fingerprint density at radius 2 is 0.698 bits per heavy atom. The van der Waals surface area contributed by atoms with Crippen LogP contribution in [0.25, 0.3) is 0 Å². The van der Waals surface area contributed by atoms with Gasteiger partial charge in [0.05, 0.1) is 102 Å². The van der Waals surface area contributed by atoms with Gasteiger partial charge in [-0.1, -0.05) is 111 Å². The van der Waals surface area contributed by atoms with Gasteiger partial charge < -0.3 is 80.5 Å². The van der Waals surface area contributed by atoms with Crippen LogP contribution in [0.2, 0.25) is 0 Å². The SMILES string of the molecule is COc1ccc(COC[C@H]2O[C@H]3O[C@@H](C)CCCCCCC#CCCCCCCCC(=O)O[C@H]4[C@H](OCc5ccc(OC)cc5)[C@@H](OCc5ccc(OC)cc5)C(O[C@@H]3[C@@H](OCc3ccc(OC)cc3)[C@@H]2OCc2ccc(OC)cc2)O[C@@H]4COCc2ccc(OC)cc2)cc1. The van der Waals surface area contributed by atoms with Crippen molar-refractivity contribution >= 4 is 5.97 Å². The molecular formula is C78H98O18. The average molecular weight is 1320 g/mol. The lowest BCUT2D eigenvalue weighted by atomic mass is 9.95. The van der Waals surface area contributed by atoms with Gasteiger partial charge in [-0.05, 0) is 139 Å². The molecule has 0 radical (unpaired) electrons. The summed E-state index contributed by atoms with van der Waals surface area (Å²) in [6.45, 7) is 2.91. The van der Waals surface area contributed by atoms with Crippen LogP contribution in [0.3, 0.4) is 0 Å². The zero-order valence-corrected chi connectivity index (χ0v) is 56.9. The van der Waals surface area contributed by atoms with E-state index in [2.05, 4.69) is 18.8 Å². The summed E-state index contributed by atoms with van der Waals surface area (Å²) in [4.78, 5) is 14.6. The second-order valence-corrected chi connectivity index (χ2v) is 24.4. The van der Waals surface area contributed by atoms with Gasteiger partial charge in [-0.15, -0.1) is 11.8 Å². The minimum atomic E-state index is -1.32. The first-order valence-corrected chi connectivity index (χ1v) is 33.8. The average Bonchev–Trinajstić information content (AvgIpc) is 0.782. The second-order valence-electron chi connectivity index (χ2n) is 24.4. The van der Waals surface area contributed by atoms with Crippen LogP contribution in [0, 0.1) is 11.8 Å². The zero-order chi connectivity index (χ0) is 67.1. The molecule has 0 saturated carbocycles. The zero-order valence-electron chi connectivity index (χ0n) is 56.9. The van der Waals surface area contributed by atoms with Gasteiger partial charge in [0.2, 0.25) is 0 Å². The van der Waals surface area contributed by atoms with E-state index >= 15 is 0 Å². The molecule has 0 spiro atoms. The molecule has 11 atom stereocenters. The third kappa shape index (κ3) is 22.9. The smallest absolute Gasteiger partial charge is 0.306 e. The van der Waals surface area contributed by atoms with Gasteiger partial charge in [-0.2, -0.15) is 0 Å². The second kappa shape index (κ2) is 39.8. The number of ether oxygens (including phenoxy) is 17. The Morgan fingerprint density at radius 3 is 1.12 bits per heavy atom. The number of carbonyl (C=O) groups excluding carboxylic acids is 1. The summed E-state index contributed by atoms with van der Waals surface area (Å²) in [6.07, 6.45) is 0.277. The first kappa shape index (κ1) is 73.0. The summed E-state index contributed by atoms with van der Waals surface area (Å²) >= 11 is 0. The molecular weight excluding hydrogens is 1220 g/mol. The first-order valence-electron chi connectivity index (χ1n) is 33.8. The summed E-state index contributed by atoms with van der Waals surface area (Å²) in [5.74, 6) is 10.6. The van der Waals surface area contributed by atoms with E-state index in [-0.39, 0.29) is 65.4 Å². The molecule has 0 N–H and O–H groups in total. The summed E-state index contributed by atoms with van der Waals surface area (Å²) in [5, 5.41) is 0. The Balaban J connectivity index is 1.17. The van der Waals surface area contributed by atoms with Crippen molar-refractivity contribution in [2.24, 2.45) is 0 Å². The van der Waals surface area contributed by atoms with Crippen LogP contribution in [0.1, 0.15) is 124 Å². The van der Waals surface area contributed by atoms with E-state index in [0.717, 1.165) is 110 Å². The molecule has 1 unspecified atom stereocenters. The summed E-state index contributed by atoms with van der Waals surface area (Å²) in [7, 11) is 9.80. The molecule has 2 fully saturated rings. The van der Waals surface area contributed by atoms with Gasteiger partial charge in [-0.25, -0.2) is 0 Å². The van der Waals surface area contributed by atoms with E-state index in [1.54, 1.807) is 42.7 Å². The predicted molar refractivity (Wildman–Crippen MR) is 362 cm³/mol. The quantitative estimate of drug-likeness (QED) is 0.0370. The lowest BCUT2D eigenvalue weighted by Gasteiger charge is -2.50. The highest BCUT2D eigenvalue weighted by Gasteiger charge is 2.55. The fraction of sp³-hybridized carbons (Fsp3) is 0.500. The van der Waals surface area contributed by atoms with Gasteiger partial charge in [0, 0.05) is 19.3 Å². The van der Waals surface area contributed by atoms with Crippen LogP contribution < -0.4 is 28.4 Å². The van der Waals surface area contributed by atoms with Crippen molar-refractivity contribution in [2.75, 3.05) is 55.9 Å². The number of hydrogen-bond acceptors (Lipinski definition) is 18. The molecule has 518 valence electrons. The van der Waals surface area contributed by atoms with E-state index in [9.17, 15) is 4.79 Å². The Kier molecular flexibility index (Phi) is 30.3. The maximum absolute atomic E-state index is 14.6. The van der Waals surface area contributed by atoms with Crippen LogP contribution >= 0.6 is 0 Å². The van der Waals surface area contributed by atoms with Gasteiger partial charge in [-0.3, -0.25) is 4.79 Å². The van der Waals surface area contributed by atoms with Crippen molar-refractivity contribution in [3.8, 4) is 46.3 Å². The third-order valence-corrected chi connectivity index (χ3v) is 17.4. The molecule has 6 aromatic rings. The molecule has 6 aromatic carbocycles. The Labute approximate surface area is 567 Å². The van der Waals surface area contributed by atoms with Crippen LogP contribution in [0.4, 0.5) is 0 Å². The molecule has 0 aliphatic carbocycles. The number of fused-ring (bicyclic) bond motifs is 4. The monoisotopic (exact) mass is 1320 g/mol. The Morgan fingerprint density at radius 1 is 0.354 bits per heavy atom. The van der Waals surface area contributed by atoms with Gasteiger partial charge in [0.1, 0.15) is 77.2 Å². The molecule has 0 aromatic heterocycles. The normalized spacial score (nSPS) is 24.1. The van der Waals surface area contributed by atoms with Crippen molar-refractivity contribution in [3.05, 3.63) is 179 Å². The summed E-state index contributed by atoms with van der Waals surface area (Å²) in [5.41, 5.74) is 5.20. The third-order valence-electron chi connectivity index (χ3n) is 17.4. The molecule has 9 rings (SSSR count). The topological polar surface area (TPSA) is 174 Å². The highest BCUT2D eigenvalue weighted by Crippen LogP contribution is 2.38. The molecule has 2 saturated heterocycles. The number of rotatable bonds is 26. The number of hydrogen-bond donors (Lipinski definition) is 0. The summed E-state index contributed by atoms with van der Waals surface area (Å²) < 4.78 is 112. The lowest BCUT2D eigenvalue weighted by molar-refractivity contribution is -0.385. The van der Waals surface area contributed by atoms with Crippen molar-refractivity contribution in [2.45, 2.75) is 198 Å². The Bertz CT molecular complexity index is 3210. The lowest BCUT2D eigenvalue weighted by Crippen LogP contribution is -2.66. The molecule has 2 bridgehead atoms. The maximum atomic E-state index is 14.6. The first-order chi connectivity index (χ1) is 47.1. The minimum Gasteiger partial charge on any atom is -0.497 e. The van der Waals surface area contributed by atoms with Gasteiger partial charge >= 0.3 is 5.97 Å².